The van der Waals surface area contributed by atoms with Crippen LogP contribution in [0.3, 0.4) is 0 Å². The van der Waals surface area contributed by atoms with Crippen molar-refractivity contribution >= 4 is 19.4 Å². The van der Waals surface area contributed by atoms with Crippen LogP contribution in [0.25, 0.3) is 0 Å². The third-order valence-corrected chi connectivity index (χ3v) is 4.81. The predicted molar refractivity (Wildman–Crippen MR) is 73.2 cm³/mol. The fraction of sp³-hybridized carbons (Fsp3) is 0.538. The van der Waals surface area contributed by atoms with Gasteiger partial charge in [0, 0.05) is 0 Å². The van der Waals surface area contributed by atoms with Gasteiger partial charge in [-0.1, -0.05) is 0 Å². The van der Waals surface area contributed by atoms with E-state index in [0.29, 0.717) is 28.9 Å². The second kappa shape index (κ2) is 7.76. The Bertz CT molecular complexity index is 444. The molecule has 0 bridgehead atoms. The Morgan fingerprint density at radius 2 is 1.85 bits per heavy atom. The molecule has 1 rings (SSSR count). The Morgan fingerprint density at radius 1 is 1.20 bits per heavy atom. The van der Waals surface area contributed by atoms with E-state index in [2.05, 4.69) is 0 Å². The summed E-state index contributed by atoms with van der Waals surface area (Å²) in [5.74, 6) is 0.872. The van der Waals surface area contributed by atoms with E-state index in [1.54, 1.807) is 6.07 Å². The molecule has 0 spiro atoms. The maximum atomic E-state index is 13.6. The summed E-state index contributed by atoms with van der Waals surface area (Å²) in [5.41, 5.74) is 6.31. The minimum absolute atomic E-state index is 0.357. The molecule has 3 nitrogen and oxygen atoms in total. The molecule has 114 valence electrons. The second-order valence-corrected chi connectivity index (χ2v) is 6.64. The first-order chi connectivity index (χ1) is 9.47. The molecule has 1 aromatic carbocycles. The quantitative estimate of drug-likeness (QED) is 0.718. The standard InChI is InChI=1S/C13H18F3NO2Se/c1-18-10-8-12(20-13(15,16)4-5-14)11(19-2)7-9(10)3-6-17/h7-8H,3-6,17H2,1-2H3. The van der Waals surface area contributed by atoms with Crippen molar-refractivity contribution < 1.29 is 22.6 Å². The number of ether oxygens (including phenoxy) is 2. The summed E-state index contributed by atoms with van der Waals surface area (Å²) in [6.45, 7) is -0.624. The SMILES string of the molecule is COc1cc([Se]C(F)(F)CCF)c(OC)cc1CCN. The van der Waals surface area contributed by atoms with Gasteiger partial charge in [-0.05, 0) is 0 Å². The van der Waals surface area contributed by atoms with Gasteiger partial charge in [0.2, 0.25) is 0 Å². The van der Waals surface area contributed by atoms with Crippen molar-refractivity contribution in [3.8, 4) is 11.5 Å². The van der Waals surface area contributed by atoms with Crippen LogP contribution in [0.5, 0.6) is 11.5 Å². The summed E-state index contributed by atoms with van der Waals surface area (Å²) in [6, 6.07) is 3.20. The van der Waals surface area contributed by atoms with Crippen LogP contribution in [0.1, 0.15) is 12.0 Å². The van der Waals surface area contributed by atoms with E-state index in [0.717, 1.165) is 5.56 Å². The zero-order chi connectivity index (χ0) is 15.2. The van der Waals surface area contributed by atoms with E-state index >= 15 is 0 Å². The summed E-state index contributed by atoms with van der Waals surface area (Å²) in [4.78, 5) is -3.05. The summed E-state index contributed by atoms with van der Waals surface area (Å²) in [5, 5.41) is 0. The number of hydrogen-bond acceptors (Lipinski definition) is 3. The first-order valence-corrected chi connectivity index (χ1v) is 7.76. The van der Waals surface area contributed by atoms with Gasteiger partial charge >= 0.3 is 122 Å². The molecule has 0 aliphatic rings. The van der Waals surface area contributed by atoms with Gasteiger partial charge < -0.3 is 0 Å². The monoisotopic (exact) mass is 357 g/mol. The van der Waals surface area contributed by atoms with Gasteiger partial charge in [-0.3, -0.25) is 0 Å². The summed E-state index contributed by atoms with van der Waals surface area (Å²) < 4.78 is 50.0. The molecule has 0 heterocycles. The third-order valence-electron chi connectivity index (χ3n) is 2.63. The van der Waals surface area contributed by atoms with Crippen LogP contribution in [-0.4, -0.2) is 47.2 Å². The molecule has 0 aliphatic heterocycles. The van der Waals surface area contributed by atoms with Gasteiger partial charge in [0.05, 0.1) is 0 Å². The fourth-order valence-electron chi connectivity index (χ4n) is 1.69. The number of nitrogens with two attached hydrogens (primary N) is 1. The normalized spacial score (nSPS) is 11.5. The Morgan fingerprint density at radius 3 is 2.35 bits per heavy atom. The topological polar surface area (TPSA) is 44.5 Å². The molecule has 20 heavy (non-hydrogen) atoms. The second-order valence-electron chi connectivity index (χ2n) is 4.03. The maximum absolute atomic E-state index is 13.6. The summed E-state index contributed by atoms with van der Waals surface area (Å²) >= 11 is -1.22. The Balaban J connectivity index is 3.12. The molecule has 1 aromatic rings. The van der Waals surface area contributed by atoms with Crippen LogP contribution in [-0.2, 0) is 6.42 Å². The van der Waals surface area contributed by atoms with E-state index in [1.165, 1.54) is 20.3 Å². The number of halogens is 3. The van der Waals surface area contributed by atoms with Crippen LogP contribution in [0.15, 0.2) is 12.1 Å². The van der Waals surface area contributed by atoms with Crippen LogP contribution in [0.4, 0.5) is 13.2 Å². The average molecular weight is 356 g/mol. The van der Waals surface area contributed by atoms with Gasteiger partial charge in [0.1, 0.15) is 0 Å². The zero-order valence-electron chi connectivity index (χ0n) is 11.4. The molecule has 0 saturated carbocycles. The third kappa shape index (κ3) is 4.58. The van der Waals surface area contributed by atoms with E-state index in [4.69, 9.17) is 15.2 Å². The number of rotatable bonds is 8. The van der Waals surface area contributed by atoms with Gasteiger partial charge in [-0.15, -0.1) is 0 Å². The van der Waals surface area contributed by atoms with E-state index in [9.17, 15) is 13.2 Å². The van der Waals surface area contributed by atoms with Crippen molar-refractivity contribution in [2.75, 3.05) is 27.4 Å². The molecule has 0 atom stereocenters. The van der Waals surface area contributed by atoms with Gasteiger partial charge in [-0.2, -0.15) is 0 Å². The van der Waals surface area contributed by atoms with Crippen LogP contribution in [0.2, 0.25) is 0 Å². The summed E-state index contributed by atoms with van der Waals surface area (Å²) in [7, 11) is 2.89. The molecular formula is C13H18F3NO2Se. The molecule has 0 aliphatic carbocycles. The molecule has 0 fully saturated rings. The van der Waals surface area contributed by atoms with E-state index in [-0.39, 0.29) is 0 Å². The molecule has 0 radical (unpaired) electrons. The van der Waals surface area contributed by atoms with Crippen molar-refractivity contribution in [2.45, 2.75) is 17.7 Å². The number of benzene rings is 1. The summed E-state index contributed by atoms with van der Waals surface area (Å²) in [6.07, 6.45) is -0.212. The number of methoxy groups -OCH3 is 2. The van der Waals surface area contributed by atoms with Crippen molar-refractivity contribution in [3.05, 3.63) is 17.7 Å². The number of alkyl halides is 3. The first-order valence-electron chi connectivity index (χ1n) is 6.05. The molecule has 0 unspecified atom stereocenters. The van der Waals surface area contributed by atoms with Crippen LogP contribution in [0, 0.1) is 0 Å². The molecule has 0 saturated heterocycles. The Hall–Kier alpha value is -0.911. The molecule has 0 aromatic heterocycles. The van der Waals surface area contributed by atoms with E-state index in [1.807, 2.05) is 0 Å². The van der Waals surface area contributed by atoms with Gasteiger partial charge in [0.15, 0.2) is 0 Å². The fourth-order valence-corrected chi connectivity index (χ4v) is 3.59. The molecule has 2 N–H and O–H groups in total. The van der Waals surface area contributed by atoms with Crippen molar-refractivity contribution in [2.24, 2.45) is 5.73 Å². The Kier molecular flexibility index (Phi) is 6.65. The molecular weight excluding hydrogens is 338 g/mol. The van der Waals surface area contributed by atoms with Crippen LogP contribution >= 0.6 is 0 Å². The van der Waals surface area contributed by atoms with Crippen molar-refractivity contribution in [1.29, 1.82) is 0 Å². The van der Waals surface area contributed by atoms with Crippen molar-refractivity contribution in [1.82, 2.24) is 0 Å². The van der Waals surface area contributed by atoms with Gasteiger partial charge in [0.25, 0.3) is 0 Å². The van der Waals surface area contributed by atoms with Gasteiger partial charge in [-0.25, -0.2) is 0 Å². The predicted octanol–water partition coefficient (Wildman–Crippen LogP) is 1.49. The molecule has 7 heteroatoms. The van der Waals surface area contributed by atoms with Crippen molar-refractivity contribution in [3.63, 3.8) is 0 Å². The average Bonchev–Trinajstić information content (AvgIpc) is 2.39. The Labute approximate surface area is 122 Å². The zero-order valence-corrected chi connectivity index (χ0v) is 13.1. The molecule has 0 amide bonds. The first kappa shape index (κ1) is 17.1. The number of hydrogen-bond donors (Lipinski definition) is 1. The minimum atomic E-state index is -3.05. The van der Waals surface area contributed by atoms with E-state index < -0.39 is 32.9 Å². The van der Waals surface area contributed by atoms with Crippen LogP contribution < -0.4 is 19.7 Å².